The number of anilines is 1. The summed E-state index contributed by atoms with van der Waals surface area (Å²) in [5.74, 6) is 0. The number of benzene rings is 1. The second-order valence-electron chi connectivity index (χ2n) is 8.10. The maximum atomic E-state index is 12.5. The van der Waals surface area contributed by atoms with Crippen molar-refractivity contribution in [1.29, 1.82) is 0 Å². The van der Waals surface area contributed by atoms with Gasteiger partial charge in [-0.05, 0) is 60.8 Å². The number of amides is 2. The first-order chi connectivity index (χ1) is 13.0. The van der Waals surface area contributed by atoms with Crippen LogP contribution >= 0.6 is 0 Å². The van der Waals surface area contributed by atoms with Gasteiger partial charge in [0.05, 0.1) is 19.3 Å². The number of carbonyl (C=O) groups is 1. The molecule has 2 aliphatic carbocycles. The van der Waals surface area contributed by atoms with Crippen molar-refractivity contribution in [1.82, 2.24) is 9.62 Å². The van der Waals surface area contributed by atoms with E-state index >= 15 is 0 Å². The van der Waals surface area contributed by atoms with Crippen molar-refractivity contribution in [3.05, 3.63) is 28.3 Å². The van der Waals surface area contributed by atoms with Crippen LogP contribution in [-0.2, 0) is 40.4 Å². The fraction of sp³-hybridized carbons (Fsp3) is 0.632. The van der Waals surface area contributed by atoms with Crippen LogP contribution in [0, 0.1) is 0 Å². The molecule has 27 heavy (non-hydrogen) atoms. The Morgan fingerprint density at radius 1 is 1.04 bits per heavy atom. The summed E-state index contributed by atoms with van der Waals surface area (Å²) in [7, 11) is -3.67. The highest BCUT2D eigenvalue weighted by atomic mass is 32.2. The van der Waals surface area contributed by atoms with Gasteiger partial charge in [-0.15, -0.1) is 0 Å². The lowest BCUT2D eigenvalue weighted by molar-refractivity contribution is -0.0830. The summed E-state index contributed by atoms with van der Waals surface area (Å²) in [5, 5.41) is 2.36. The molecule has 0 unspecified atom stereocenters. The highest BCUT2D eigenvalue weighted by Gasteiger charge is 2.43. The molecule has 2 saturated heterocycles. The fourth-order valence-corrected chi connectivity index (χ4v) is 5.97. The van der Waals surface area contributed by atoms with Crippen LogP contribution in [0.5, 0.6) is 0 Å². The average molecular weight is 391 g/mol. The van der Waals surface area contributed by atoms with Gasteiger partial charge in [0.2, 0.25) is 10.0 Å². The number of aryl methyl sites for hydroxylation is 2. The summed E-state index contributed by atoms with van der Waals surface area (Å²) in [4.78, 5) is 14.6. The molecule has 1 aromatic carbocycles. The van der Waals surface area contributed by atoms with Gasteiger partial charge < -0.3 is 10.1 Å². The lowest BCUT2D eigenvalue weighted by atomic mass is 9.99. The predicted molar refractivity (Wildman–Crippen MR) is 102 cm³/mol. The number of nitrogens with one attached hydrogen (secondary N) is 2. The molecule has 0 radical (unpaired) electrons. The molecule has 5 rings (SSSR count). The van der Waals surface area contributed by atoms with E-state index in [4.69, 9.17) is 4.74 Å². The maximum absolute atomic E-state index is 12.5. The molecule has 2 N–H and O–H groups in total. The maximum Gasteiger partial charge on any atom is 0.332 e. The molecule has 7 nitrogen and oxygen atoms in total. The largest absolute Gasteiger partial charge is 0.378 e. The van der Waals surface area contributed by atoms with E-state index in [1.807, 2.05) is 0 Å². The van der Waals surface area contributed by atoms with Gasteiger partial charge in [0.25, 0.3) is 0 Å². The minimum Gasteiger partial charge on any atom is -0.378 e. The van der Waals surface area contributed by atoms with E-state index in [2.05, 4.69) is 21.0 Å². The molecule has 2 aliphatic heterocycles. The molecule has 8 heteroatoms. The van der Waals surface area contributed by atoms with E-state index in [1.54, 1.807) is 0 Å². The molecule has 0 atom stereocenters. The van der Waals surface area contributed by atoms with Gasteiger partial charge >= 0.3 is 6.03 Å². The molecule has 2 fully saturated rings. The number of urea groups is 1. The summed E-state index contributed by atoms with van der Waals surface area (Å²) < 4.78 is 32.4. The zero-order chi connectivity index (χ0) is 18.6. The van der Waals surface area contributed by atoms with Crippen molar-refractivity contribution in [2.75, 3.05) is 31.6 Å². The molecule has 1 aromatic rings. The molecular weight excluding hydrogens is 366 g/mol. The number of sulfonamides is 1. The van der Waals surface area contributed by atoms with E-state index in [1.165, 1.54) is 22.3 Å². The Bertz CT molecular complexity index is 856. The molecule has 0 bridgehead atoms. The third-order valence-corrected chi connectivity index (χ3v) is 8.04. The standard InChI is InChI=1S/C19H25N3O4S/c23-19(21-27(24,25)15-8-22(9-15)14-10-26-11-14)20-18-16-5-1-3-12(16)7-13-4-2-6-17(13)18/h7,14-15H,1-6,8-11H2,(H2,20,21,23). The fourth-order valence-electron chi connectivity index (χ4n) is 4.72. The molecule has 4 aliphatic rings. The molecule has 2 amide bonds. The van der Waals surface area contributed by atoms with Gasteiger partial charge in [0, 0.05) is 18.8 Å². The molecule has 0 spiro atoms. The van der Waals surface area contributed by atoms with Gasteiger partial charge in [-0.1, -0.05) is 6.07 Å². The number of nitrogens with zero attached hydrogens (tertiary/aromatic N) is 1. The second-order valence-corrected chi connectivity index (χ2v) is 10.1. The van der Waals surface area contributed by atoms with Gasteiger partial charge in [0.15, 0.2) is 0 Å². The minimum atomic E-state index is -3.67. The topological polar surface area (TPSA) is 87.7 Å². The van der Waals surface area contributed by atoms with Crippen LogP contribution in [0.1, 0.15) is 35.1 Å². The Morgan fingerprint density at radius 2 is 1.67 bits per heavy atom. The van der Waals surface area contributed by atoms with Crippen molar-refractivity contribution < 1.29 is 17.9 Å². The number of hydrogen-bond donors (Lipinski definition) is 2. The number of fused-ring (bicyclic) bond motifs is 2. The Balaban J connectivity index is 1.28. The molecule has 2 heterocycles. The van der Waals surface area contributed by atoms with Crippen molar-refractivity contribution in [3.63, 3.8) is 0 Å². The van der Waals surface area contributed by atoms with E-state index in [9.17, 15) is 13.2 Å². The van der Waals surface area contributed by atoms with Crippen molar-refractivity contribution in [3.8, 4) is 0 Å². The highest BCUT2D eigenvalue weighted by molar-refractivity contribution is 7.90. The summed E-state index contributed by atoms with van der Waals surface area (Å²) in [6.45, 7) is 2.27. The molecule has 0 saturated carbocycles. The first kappa shape index (κ1) is 17.5. The van der Waals surface area contributed by atoms with Crippen LogP contribution in [0.15, 0.2) is 6.07 Å². The van der Waals surface area contributed by atoms with E-state index in [-0.39, 0.29) is 0 Å². The van der Waals surface area contributed by atoms with Crippen LogP contribution in [0.3, 0.4) is 0 Å². The zero-order valence-electron chi connectivity index (χ0n) is 15.3. The van der Waals surface area contributed by atoms with Crippen molar-refractivity contribution >= 4 is 21.7 Å². The average Bonchev–Trinajstić information content (AvgIpc) is 3.15. The van der Waals surface area contributed by atoms with Gasteiger partial charge in [-0.25, -0.2) is 17.9 Å². The van der Waals surface area contributed by atoms with Gasteiger partial charge in [-0.3, -0.25) is 4.90 Å². The Kier molecular flexibility index (Phi) is 4.18. The third kappa shape index (κ3) is 3.03. The third-order valence-electron chi connectivity index (χ3n) is 6.40. The van der Waals surface area contributed by atoms with Crippen molar-refractivity contribution in [2.24, 2.45) is 0 Å². The summed E-state index contributed by atoms with van der Waals surface area (Å²) >= 11 is 0. The number of rotatable bonds is 4. The first-order valence-corrected chi connectivity index (χ1v) is 11.4. The number of hydrogen-bond acceptors (Lipinski definition) is 5. The monoisotopic (exact) mass is 391 g/mol. The summed E-state index contributed by atoms with van der Waals surface area (Å²) in [6, 6.07) is 1.99. The smallest absolute Gasteiger partial charge is 0.332 e. The van der Waals surface area contributed by atoms with E-state index < -0.39 is 21.3 Å². The SMILES string of the molecule is O=C(Nc1c2c(cc3c1CCC3)CCC2)NS(=O)(=O)C1CN(C2COC2)C1. The Labute approximate surface area is 159 Å². The number of ether oxygens (including phenoxy) is 1. The Hall–Kier alpha value is -1.64. The zero-order valence-corrected chi connectivity index (χ0v) is 16.1. The molecule has 0 aromatic heterocycles. The van der Waals surface area contributed by atoms with Crippen molar-refractivity contribution in [2.45, 2.75) is 49.8 Å². The Morgan fingerprint density at radius 3 is 2.22 bits per heavy atom. The van der Waals surface area contributed by atoms with Crippen LogP contribution in [-0.4, -0.2) is 56.9 Å². The van der Waals surface area contributed by atoms with E-state index in [0.29, 0.717) is 32.3 Å². The lowest BCUT2D eigenvalue weighted by Gasteiger charge is -2.46. The first-order valence-electron chi connectivity index (χ1n) is 9.82. The number of carbonyl (C=O) groups excluding carboxylic acids is 1. The van der Waals surface area contributed by atoms with Crippen LogP contribution in [0.25, 0.3) is 0 Å². The number of likely N-dealkylation sites (tertiary alicyclic amines) is 1. The lowest BCUT2D eigenvalue weighted by Crippen LogP contribution is -2.65. The normalized spacial score (nSPS) is 22.7. The summed E-state index contributed by atoms with van der Waals surface area (Å²) in [5.41, 5.74) is 5.88. The minimum absolute atomic E-state index is 0.333. The molecular formula is C19H25N3O4S. The summed E-state index contributed by atoms with van der Waals surface area (Å²) in [6.07, 6.45) is 6.17. The predicted octanol–water partition coefficient (Wildman–Crippen LogP) is 1.20. The van der Waals surface area contributed by atoms with Gasteiger partial charge in [-0.2, -0.15) is 0 Å². The molecule has 146 valence electrons. The van der Waals surface area contributed by atoms with Crippen LogP contribution in [0.4, 0.5) is 10.5 Å². The van der Waals surface area contributed by atoms with Crippen LogP contribution < -0.4 is 10.0 Å². The van der Waals surface area contributed by atoms with Crippen LogP contribution in [0.2, 0.25) is 0 Å². The highest BCUT2D eigenvalue weighted by Crippen LogP contribution is 2.38. The van der Waals surface area contributed by atoms with E-state index in [0.717, 1.165) is 44.2 Å². The van der Waals surface area contributed by atoms with Gasteiger partial charge in [0.1, 0.15) is 5.25 Å². The quantitative estimate of drug-likeness (QED) is 0.805. The second kappa shape index (κ2) is 6.46.